The second-order valence-electron chi connectivity index (χ2n) is 5.83. The highest BCUT2D eigenvalue weighted by Crippen LogP contribution is 2.35. The summed E-state index contributed by atoms with van der Waals surface area (Å²) >= 11 is 3.65. The van der Waals surface area contributed by atoms with Gasteiger partial charge in [-0.15, -0.1) is 0 Å². The highest BCUT2D eigenvalue weighted by Gasteiger charge is 2.26. The van der Waals surface area contributed by atoms with Crippen LogP contribution in [0.1, 0.15) is 51.2 Å². The molecule has 0 radical (unpaired) electrons. The molecule has 1 aromatic rings. The fraction of sp³-hybridized carbons (Fsp3) is 0.625. The predicted molar refractivity (Wildman–Crippen MR) is 84.6 cm³/mol. The monoisotopic (exact) mass is 325 g/mol. The Bertz CT molecular complexity index is 433. The van der Waals surface area contributed by atoms with Crippen LogP contribution in [0, 0.1) is 5.92 Å². The summed E-state index contributed by atoms with van der Waals surface area (Å²) in [6, 6.07) is 6.80. The van der Waals surface area contributed by atoms with E-state index >= 15 is 0 Å². The molecule has 0 spiro atoms. The van der Waals surface area contributed by atoms with Gasteiger partial charge in [0.05, 0.1) is 11.8 Å². The smallest absolute Gasteiger partial charge is 0.0762 e. The lowest BCUT2D eigenvalue weighted by atomic mass is 9.85. The van der Waals surface area contributed by atoms with Gasteiger partial charge in [0, 0.05) is 17.6 Å². The summed E-state index contributed by atoms with van der Waals surface area (Å²) in [5, 5.41) is 9.63. The topological polar surface area (TPSA) is 23.5 Å². The highest BCUT2D eigenvalue weighted by molar-refractivity contribution is 9.10. The Kier molecular flexibility index (Phi) is 4.91. The van der Waals surface area contributed by atoms with Gasteiger partial charge < -0.3 is 10.0 Å². The van der Waals surface area contributed by atoms with Crippen LogP contribution in [0.25, 0.3) is 0 Å². The highest BCUT2D eigenvalue weighted by atomic mass is 79.9. The van der Waals surface area contributed by atoms with E-state index in [0.717, 1.165) is 16.0 Å². The minimum atomic E-state index is -0.413. The third kappa shape index (κ3) is 3.32. The molecule has 0 saturated heterocycles. The van der Waals surface area contributed by atoms with Gasteiger partial charge in [-0.3, -0.25) is 0 Å². The summed E-state index contributed by atoms with van der Waals surface area (Å²) in [5.41, 5.74) is 2.18. The van der Waals surface area contributed by atoms with E-state index in [4.69, 9.17) is 0 Å². The molecule has 0 heterocycles. The molecule has 1 aromatic carbocycles. The summed E-state index contributed by atoms with van der Waals surface area (Å²) in [6.45, 7) is 4.16. The van der Waals surface area contributed by atoms with Gasteiger partial charge >= 0.3 is 0 Å². The third-order valence-electron chi connectivity index (χ3n) is 4.40. The zero-order chi connectivity index (χ0) is 14.0. The number of rotatable bonds is 3. The molecule has 0 aromatic heterocycles. The average molecular weight is 326 g/mol. The van der Waals surface area contributed by atoms with E-state index in [1.807, 2.05) is 12.1 Å². The van der Waals surface area contributed by atoms with Crippen LogP contribution in [0.15, 0.2) is 22.7 Å². The first-order valence-corrected chi connectivity index (χ1v) is 8.00. The van der Waals surface area contributed by atoms with Crippen molar-refractivity contribution in [2.45, 2.75) is 51.7 Å². The van der Waals surface area contributed by atoms with Crippen molar-refractivity contribution in [3.63, 3.8) is 0 Å². The molecule has 3 heteroatoms. The first-order valence-electron chi connectivity index (χ1n) is 7.21. The van der Waals surface area contributed by atoms with Crippen LogP contribution >= 0.6 is 15.9 Å². The van der Waals surface area contributed by atoms with Crippen LogP contribution in [-0.4, -0.2) is 18.2 Å². The molecule has 2 nitrogen and oxygen atoms in total. The molecule has 1 N–H and O–H groups in total. The largest absolute Gasteiger partial charge is 0.389 e. The van der Waals surface area contributed by atoms with Crippen LogP contribution in [0.4, 0.5) is 5.69 Å². The van der Waals surface area contributed by atoms with Crippen molar-refractivity contribution in [1.29, 1.82) is 0 Å². The SMILES string of the molecule is CC(O)c1ccc(N(C)C2CCCCC2C)c(Br)c1. The number of hydrogen-bond acceptors (Lipinski definition) is 2. The maximum atomic E-state index is 9.63. The Morgan fingerprint density at radius 1 is 1.32 bits per heavy atom. The maximum Gasteiger partial charge on any atom is 0.0762 e. The van der Waals surface area contributed by atoms with E-state index in [2.05, 4.69) is 40.9 Å². The van der Waals surface area contributed by atoms with E-state index in [1.54, 1.807) is 6.92 Å². The number of hydrogen-bond donors (Lipinski definition) is 1. The summed E-state index contributed by atoms with van der Waals surface area (Å²) < 4.78 is 1.08. The van der Waals surface area contributed by atoms with E-state index in [1.165, 1.54) is 31.4 Å². The minimum Gasteiger partial charge on any atom is -0.389 e. The van der Waals surface area contributed by atoms with Crippen molar-refractivity contribution in [3.8, 4) is 0 Å². The van der Waals surface area contributed by atoms with E-state index in [0.29, 0.717) is 6.04 Å². The van der Waals surface area contributed by atoms with Gasteiger partial charge in [0.25, 0.3) is 0 Å². The molecule has 3 unspecified atom stereocenters. The zero-order valence-corrected chi connectivity index (χ0v) is 13.7. The fourth-order valence-electron chi connectivity index (χ4n) is 3.12. The molecule has 1 aliphatic carbocycles. The maximum absolute atomic E-state index is 9.63. The van der Waals surface area contributed by atoms with Crippen LogP contribution < -0.4 is 4.90 Å². The predicted octanol–water partition coefficient (Wildman–Crippen LogP) is 4.52. The molecule has 1 saturated carbocycles. The van der Waals surface area contributed by atoms with Crippen molar-refractivity contribution in [3.05, 3.63) is 28.2 Å². The van der Waals surface area contributed by atoms with Gasteiger partial charge in [0.1, 0.15) is 0 Å². The Labute approximate surface area is 124 Å². The normalized spacial score (nSPS) is 25.1. The van der Waals surface area contributed by atoms with Crippen LogP contribution in [0.5, 0.6) is 0 Å². The summed E-state index contributed by atoms with van der Waals surface area (Å²) in [4.78, 5) is 2.40. The Morgan fingerprint density at radius 2 is 2.00 bits per heavy atom. The fourth-order valence-corrected chi connectivity index (χ4v) is 3.80. The number of anilines is 1. The van der Waals surface area contributed by atoms with Crippen molar-refractivity contribution < 1.29 is 5.11 Å². The molecule has 0 bridgehead atoms. The van der Waals surface area contributed by atoms with Crippen LogP contribution in [-0.2, 0) is 0 Å². The quantitative estimate of drug-likeness (QED) is 0.883. The lowest BCUT2D eigenvalue weighted by molar-refractivity contribution is 0.199. The van der Waals surface area contributed by atoms with Crippen LogP contribution in [0.2, 0.25) is 0 Å². The first-order chi connectivity index (χ1) is 9.00. The van der Waals surface area contributed by atoms with Gasteiger partial charge in [-0.2, -0.15) is 0 Å². The van der Waals surface area contributed by atoms with Gasteiger partial charge in [0.2, 0.25) is 0 Å². The van der Waals surface area contributed by atoms with Crippen molar-refractivity contribution >= 4 is 21.6 Å². The standard InChI is InChI=1S/C16H24BrNO/c1-11-6-4-5-7-15(11)18(3)16-9-8-13(12(2)19)10-14(16)17/h8-12,15,19H,4-7H2,1-3H3. The van der Waals surface area contributed by atoms with Gasteiger partial charge in [-0.05, 0) is 59.3 Å². The molecule has 0 aliphatic heterocycles. The van der Waals surface area contributed by atoms with E-state index in [9.17, 15) is 5.11 Å². The number of halogens is 1. The summed E-state index contributed by atoms with van der Waals surface area (Å²) in [6.07, 6.45) is 4.90. The van der Waals surface area contributed by atoms with E-state index in [-0.39, 0.29) is 0 Å². The second-order valence-corrected chi connectivity index (χ2v) is 6.68. The molecule has 106 valence electrons. The molecule has 2 rings (SSSR count). The number of benzene rings is 1. The van der Waals surface area contributed by atoms with Crippen LogP contribution in [0.3, 0.4) is 0 Å². The van der Waals surface area contributed by atoms with Gasteiger partial charge in [0.15, 0.2) is 0 Å². The Morgan fingerprint density at radius 3 is 2.58 bits per heavy atom. The van der Waals surface area contributed by atoms with E-state index < -0.39 is 6.10 Å². The lowest BCUT2D eigenvalue weighted by Crippen LogP contribution is -2.39. The summed E-state index contributed by atoms with van der Waals surface area (Å²) in [7, 11) is 2.19. The number of aliphatic hydroxyl groups is 1. The number of nitrogens with zero attached hydrogens (tertiary/aromatic N) is 1. The molecule has 1 fully saturated rings. The Balaban J connectivity index is 2.21. The molecule has 0 amide bonds. The molecular formula is C16H24BrNO. The minimum absolute atomic E-state index is 0.413. The molecular weight excluding hydrogens is 302 g/mol. The molecule has 1 aliphatic rings. The second kappa shape index (κ2) is 6.27. The van der Waals surface area contributed by atoms with Gasteiger partial charge in [-0.1, -0.05) is 25.8 Å². The van der Waals surface area contributed by atoms with Crippen molar-refractivity contribution in [2.75, 3.05) is 11.9 Å². The number of aliphatic hydroxyl groups excluding tert-OH is 1. The molecule has 19 heavy (non-hydrogen) atoms. The zero-order valence-electron chi connectivity index (χ0n) is 12.1. The van der Waals surface area contributed by atoms with Crippen molar-refractivity contribution in [1.82, 2.24) is 0 Å². The Hall–Kier alpha value is -0.540. The first kappa shape index (κ1) is 14.9. The van der Waals surface area contributed by atoms with Crippen molar-refractivity contribution in [2.24, 2.45) is 5.92 Å². The van der Waals surface area contributed by atoms with Gasteiger partial charge in [-0.25, -0.2) is 0 Å². The third-order valence-corrected chi connectivity index (χ3v) is 5.03. The molecule has 3 atom stereocenters. The lowest BCUT2D eigenvalue weighted by Gasteiger charge is -2.38. The average Bonchev–Trinajstić information content (AvgIpc) is 2.38. The summed E-state index contributed by atoms with van der Waals surface area (Å²) in [5.74, 6) is 0.752.